The number of aliphatic hydroxyl groups excluding tert-OH is 1. The van der Waals surface area contributed by atoms with Crippen LogP contribution < -0.4 is 0 Å². The Morgan fingerprint density at radius 2 is 2.40 bits per heavy atom. The quantitative estimate of drug-likeness (QED) is 0.756. The van der Waals surface area contributed by atoms with Gasteiger partial charge in [-0.1, -0.05) is 0 Å². The lowest BCUT2D eigenvalue weighted by Gasteiger charge is -2.41. The number of aliphatic hydroxyl groups is 1. The minimum absolute atomic E-state index is 0.286. The van der Waals surface area contributed by atoms with Crippen molar-refractivity contribution in [1.29, 1.82) is 0 Å². The zero-order valence-electron chi connectivity index (χ0n) is 8.55. The normalized spacial score (nSPS) is 29.9. The van der Waals surface area contributed by atoms with E-state index in [0.29, 0.717) is 12.2 Å². The largest absolute Gasteiger partial charge is 0.481 e. The van der Waals surface area contributed by atoms with E-state index in [-0.39, 0.29) is 12.8 Å². The Balaban J connectivity index is 2.38. The second kappa shape index (κ2) is 3.34. The van der Waals surface area contributed by atoms with Crippen molar-refractivity contribution >= 4 is 5.97 Å². The van der Waals surface area contributed by atoms with Gasteiger partial charge in [-0.2, -0.15) is 5.10 Å². The van der Waals surface area contributed by atoms with Gasteiger partial charge >= 0.3 is 5.97 Å². The average Bonchev–Trinajstić information content (AvgIpc) is 2.59. The summed E-state index contributed by atoms with van der Waals surface area (Å²) in [5.41, 5.74) is -0.228. The van der Waals surface area contributed by atoms with E-state index >= 15 is 0 Å². The summed E-state index contributed by atoms with van der Waals surface area (Å²) in [5.74, 6) is -0.872. The van der Waals surface area contributed by atoms with Crippen LogP contribution in [0.1, 0.15) is 25.5 Å². The standard InChI is InChI=1S/C10H14N2O3/c1-2-12-8(3-4-11-12)10(9(14)15)5-7(13)6-10/h3-4,7,13H,2,5-6H2,1H3,(H,14,15). The maximum Gasteiger partial charge on any atom is 0.315 e. The Hall–Kier alpha value is -1.36. The zero-order valence-corrected chi connectivity index (χ0v) is 8.55. The summed E-state index contributed by atoms with van der Waals surface area (Å²) >= 11 is 0. The van der Waals surface area contributed by atoms with Gasteiger partial charge in [0.05, 0.1) is 11.8 Å². The number of carbonyl (C=O) groups is 1. The van der Waals surface area contributed by atoms with Crippen LogP contribution in [0.2, 0.25) is 0 Å². The highest BCUT2D eigenvalue weighted by atomic mass is 16.4. The molecule has 15 heavy (non-hydrogen) atoms. The lowest BCUT2D eigenvalue weighted by molar-refractivity contribution is -0.153. The average molecular weight is 210 g/mol. The maximum atomic E-state index is 11.3. The number of carboxylic acids is 1. The van der Waals surface area contributed by atoms with Gasteiger partial charge in [0.2, 0.25) is 0 Å². The molecule has 0 aromatic carbocycles. The van der Waals surface area contributed by atoms with Crippen LogP contribution in [-0.2, 0) is 16.8 Å². The number of aryl methyl sites for hydroxylation is 1. The first-order valence-electron chi connectivity index (χ1n) is 5.04. The van der Waals surface area contributed by atoms with Gasteiger partial charge in [-0.25, -0.2) is 0 Å². The fourth-order valence-corrected chi connectivity index (χ4v) is 2.23. The summed E-state index contributed by atoms with van der Waals surface area (Å²) in [4.78, 5) is 11.3. The lowest BCUT2D eigenvalue weighted by atomic mass is 9.64. The number of aliphatic carboxylic acids is 1. The van der Waals surface area contributed by atoms with E-state index in [1.165, 1.54) is 0 Å². The molecule has 1 saturated carbocycles. The molecule has 2 N–H and O–H groups in total. The van der Waals surface area contributed by atoms with Gasteiger partial charge in [-0.3, -0.25) is 9.48 Å². The molecule has 1 aromatic rings. The summed E-state index contributed by atoms with van der Waals surface area (Å²) < 4.78 is 1.68. The molecule has 5 nitrogen and oxygen atoms in total. The first-order chi connectivity index (χ1) is 7.10. The van der Waals surface area contributed by atoms with Crippen molar-refractivity contribution in [3.05, 3.63) is 18.0 Å². The molecular weight excluding hydrogens is 196 g/mol. The van der Waals surface area contributed by atoms with Gasteiger partial charge in [-0.05, 0) is 25.8 Å². The van der Waals surface area contributed by atoms with Crippen molar-refractivity contribution in [1.82, 2.24) is 9.78 Å². The van der Waals surface area contributed by atoms with Crippen molar-refractivity contribution in [2.45, 2.75) is 37.8 Å². The number of aromatic nitrogens is 2. The highest BCUT2D eigenvalue weighted by Crippen LogP contribution is 2.44. The van der Waals surface area contributed by atoms with E-state index in [4.69, 9.17) is 0 Å². The highest BCUT2D eigenvalue weighted by Gasteiger charge is 2.53. The third-order valence-corrected chi connectivity index (χ3v) is 3.08. The summed E-state index contributed by atoms with van der Waals surface area (Å²) in [5, 5.41) is 22.6. The molecule has 2 rings (SSSR count). The topological polar surface area (TPSA) is 75.4 Å². The van der Waals surface area contributed by atoms with Crippen LogP contribution in [0.15, 0.2) is 12.3 Å². The summed E-state index contributed by atoms with van der Waals surface area (Å²) in [7, 11) is 0. The van der Waals surface area contributed by atoms with Crippen LogP contribution in [0.5, 0.6) is 0 Å². The number of hydrogen-bond donors (Lipinski definition) is 2. The minimum Gasteiger partial charge on any atom is -0.481 e. The first-order valence-corrected chi connectivity index (χ1v) is 5.04. The van der Waals surface area contributed by atoms with Crippen molar-refractivity contribution in [3.63, 3.8) is 0 Å². The zero-order chi connectivity index (χ0) is 11.1. The van der Waals surface area contributed by atoms with E-state index in [1.54, 1.807) is 16.9 Å². The second-order valence-corrected chi connectivity index (χ2v) is 3.98. The van der Waals surface area contributed by atoms with Crippen LogP contribution in [-0.4, -0.2) is 32.1 Å². The predicted molar refractivity (Wildman–Crippen MR) is 52.5 cm³/mol. The molecule has 0 aliphatic heterocycles. The van der Waals surface area contributed by atoms with Crippen LogP contribution in [0.25, 0.3) is 0 Å². The van der Waals surface area contributed by atoms with Gasteiger partial charge in [-0.15, -0.1) is 0 Å². The van der Waals surface area contributed by atoms with Crippen molar-refractivity contribution in [2.24, 2.45) is 0 Å². The Morgan fingerprint density at radius 1 is 1.73 bits per heavy atom. The first kappa shape index (κ1) is 10.2. The Kier molecular flexibility index (Phi) is 2.26. The summed E-state index contributed by atoms with van der Waals surface area (Å²) in [6.45, 7) is 2.56. The molecule has 5 heteroatoms. The molecule has 0 unspecified atom stereocenters. The molecular formula is C10H14N2O3. The number of nitrogens with zero attached hydrogens (tertiary/aromatic N) is 2. The monoisotopic (exact) mass is 210 g/mol. The lowest BCUT2D eigenvalue weighted by Crippen LogP contribution is -2.51. The van der Waals surface area contributed by atoms with E-state index in [0.717, 1.165) is 0 Å². The molecule has 0 bridgehead atoms. The fraction of sp³-hybridized carbons (Fsp3) is 0.600. The van der Waals surface area contributed by atoms with Crippen molar-refractivity contribution in [3.8, 4) is 0 Å². The summed E-state index contributed by atoms with van der Waals surface area (Å²) in [6.07, 6.45) is 1.68. The predicted octanol–water partition coefficient (Wildman–Crippen LogP) is 0.380. The third-order valence-electron chi connectivity index (χ3n) is 3.08. The Labute approximate surface area is 87.3 Å². The van der Waals surface area contributed by atoms with Crippen molar-refractivity contribution in [2.75, 3.05) is 0 Å². The molecule has 1 aliphatic carbocycles. The molecule has 0 spiro atoms. The molecule has 82 valence electrons. The highest BCUT2D eigenvalue weighted by molar-refractivity contribution is 5.82. The third kappa shape index (κ3) is 1.34. The van der Waals surface area contributed by atoms with E-state index in [9.17, 15) is 15.0 Å². The molecule has 0 radical (unpaired) electrons. The number of hydrogen-bond acceptors (Lipinski definition) is 3. The van der Waals surface area contributed by atoms with Gasteiger partial charge in [0.25, 0.3) is 0 Å². The Bertz CT molecular complexity index is 380. The molecule has 1 fully saturated rings. The van der Waals surface area contributed by atoms with E-state index in [2.05, 4.69) is 5.10 Å². The minimum atomic E-state index is -0.925. The van der Waals surface area contributed by atoms with Gasteiger partial charge in [0.15, 0.2) is 0 Å². The smallest absolute Gasteiger partial charge is 0.315 e. The van der Waals surface area contributed by atoms with Crippen LogP contribution >= 0.6 is 0 Å². The van der Waals surface area contributed by atoms with E-state index < -0.39 is 17.5 Å². The second-order valence-electron chi connectivity index (χ2n) is 3.98. The van der Waals surface area contributed by atoms with Gasteiger partial charge in [0, 0.05) is 12.7 Å². The van der Waals surface area contributed by atoms with Crippen LogP contribution in [0, 0.1) is 0 Å². The van der Waals surface area contributed by atoms with Gasteiger partial charge < -0.3 is 10.2 Å². The van der Waals surface area contributed by atoms with Crippen LogP contribution in [0.3, 0.4) is 0 Å². The molecule has 0 atom stereocenters. The Morgan fingerprint density at radius 3 is 2.87 bits per heavy atom. The number of rotatable bonds is 3. The van der Waals surface area contributed by atoms with E-state index in [1.807, 2.05) is 6.92 Å². The fourth-order valence-electron chi connectivity index (χ4n) is 2.23. The molecule has 0 saturated heterocycles. The maximum absolute atomic E-state index is 11.3. The molecule has 1 aliphatic rings. The SMILES string of the molecule is CCn1nccc1C1(C(=O)O)CC(O)C1. The molecule has 0 amide bonds. The number of carboxylic acid groups (broad SMARTS) is 1. The van der Waals surface area contributed by atoms with Crippen LogP contribution in [0.4, 0.5) is 0 Å². The van der Waals surface area contributed by atoms with Crippen molar-refractivity contribution < 1.29 is 15.0 Å². The summed E-state index contributed by atoms with van der Waals surface area (Å²) in [6, 6.07) is 1.73. The van der Waals surface area contributed by atoms with Gasteiger partial charge in [0.1, 0.15) is 5.41 Å². The molecule has 1 aromatic heterocycles. The molecule has 1 heterocycles.